The van der Waals surface area contributed by atoms with Crippen molar-refractivity contribution in [3.63, 3.8) is 0 Å². The summed E-state index contributed by atoms with van der Waals surface area (Å²) in [7, 11) is 2.03. The van der Waals surface area contributed by atoms with Crippen molar-refractivity contribution in [1.29, 1.82) is 0 Å². The first-order valence-corrected chi connectivity index (χ1v) is 11.0. The summed E-state index contributed by atoms with van der Waals surface area (Å²) in [6.45, 7) is 0.837. The van der Waals surface area contributed by atoms with Gasteiger partial charge in [0.05, 0.1) is 24.6 Å². The molecular formula is C20H28ClN3O2S. The number of aryl methyl sites for hydroxylation is 1. The molecule has 1 aliphatic rings. The van der Waals surface area contributed by atoms with E-state index in [2.05, 4.69) is 21.4 Å². The molecule has 2 atom stereocenters. The molecule has 1 aromatic heterocycles. The lowest BCUT2D eigenvalue weighted by molar-refractivity contribution is 0.0176. The molecule has 0 amide bonds. The molecule has 3 N–H and O–H groups in total. The van der Waals surface area contributed by atoms with Crippen molar-refractivity contribution in [2.24, 2.45) is 0 Å². The molecule has 27 heavy (non-hydrogen) atoms. The normalized spacial score (nSPS) is 20.1. The van der Waals surface area contributed by atoms with E-state index in [-0.39, 0.29) is 6.61 Å². The second kappa shape index (κ2) is 10.5. The van der Waals surface area contributed by atoms with Crippen LogP contribution in [0.4, 0.5) is 0 Å². The van der Waals surface area contributed by atoms with E-state index in [4.69, 9.17) is 21.4 Å². The predicted octanol–water partition coefficient (Wildman–Crippen LogP) is 3.19. The summed E-state index contributed by atoms with van der Waals surface area (Å²) in [6, 6.07) is 6.81. The highest BCUT2D eigenvalue weighted by Gasteiger charge is 2.21. The van der Waals surface area contributed by atoms with E-state index in [9.17, 15) is 0 Å². The fraction of sp³-hybridized carbons (Fsp3) is 0.550. The van der Waals surface area contributed by atoms with Crippen LogP contribution in [0.3, 0.4) is 0 Å². The van der Waals surface area contributed by atoms with Gasteiger partial charge in [-0.1, -0.05) is 17.7 Å². The molecule has 7 heteroatoms. The largest absolute Gasteiger partial charge is 0.390 e. The molecule has 148 valence electrons. The van der Waals surface area contributed by atoms with Gasteiger partial charge in [0.2, 0.25) is 0 Å². The number of nitrogens with zero attached hydrogens (tertiary/aromatic N) is 1. The van der Waals surface area contributed by atoms with Gasteiger partial charge in [0.15, 0.2) is 0 Å². The SMILES string of the molecule is CNC1CCOC(CSCCc2cc(Cl)cc(Cc3ncc(CO)[nH]3)c2)C1. The summed E-state index contributed by atoms with van der Waals surface area (Å²) < 4.78 is 5.87. The van der Waals surface area contributed by atoms with Crippen molar-refractivity contribution >= 4 is 23.4 Å². The number of aromatic nitrogens is 2. The highest BCUT2D eigenvalue weighted by molar-refractivity contribution is 7.99. The second-order valence-electron chi connectivity index (χ2n) is 6.99. The van der Waals surface area contributed by atoms with E-state index < -0.39 is 0 Å². The van der Waals surface area contributed by atoms with Gasteiger partial charge < -0.3 is 20.1 Å². The van der Waals surface area contributed by atoms with Crippen molar-refractivity contribution in [3.8, 4) is 0 Å². The smallest absolute Gasteiger partial charge is 0.110 e. The van der Waals surface area contributed by atoms with E-state index >= 15 is 0 Å². The molecule has 2 heterocycles. The Morgan fingerprint density at radius 3 is 3.00 bits per heavy atom. The first kappa shape index (κ1) is 20.7. The number of halogens is 1. The van der Waals surface area contributed by atoms with Gasteiger partial charge in [-0.2, -0.15) is 11.8 Å². The molecule has 0 aliphatic carbocycles. The Labute approximate surface area is 170 Å². The highest BCUT2D eigenvalue weighted by Crippen LogP contribution is 2.21. The maximum absolute atomic E-state index is 9.14. The van der Waals surface area contributed by atoms with Gasteiger partial charge in [0.1, 0.15) is 5.82 Å². The van der Waals surface area contributed by atoms with Gasteiger partial charge in [-0.3, -0.25) is 0 Å². The highest BCUT2D eigenvalue weighted by atomic mass is 35.5. The van der Waals surface area contributed by atoms with Gasteiger partial charge in [-0.05, 0) is 55.3 Å². The molecule has 1 fully saturated rings. The average Bonchev–Trinajstić information content (AvgIpc) is 3.12. The third kappa shape index (κ3) is 6.50. The molecule has 0 bridgehead atoms. The number of hydrogen-bond donors (Lipinski definition) is 3. The maximum Gasteiger partial charge on any atom is 0.110 e. The zero-order chi connectivity index (χ0) is 19.1. The Hall–Kier alpha value is -1.05. The van der Waals surface area contributed by atoms with Crippen LogP contribution in [0.25, 0.3) is 0 Å². The van der Waals surface area contributed by atoms with Gasteiger partial charge in [0, 0.05) is 29.8 Å². The molecule has 1 aromatic carbocycles. The quantitative estimate of drug-likeness (QED) is 0.555. The summed E-state index contributed by atoms with van der Waals surface area (Å²) in [6.07, 6.45) is 5.91. The number of ether oxygens (including phenoxy) is 1. The van der Waals surface area contributed by atoms with Gasteiger partial charge in [0.25, 0.3) is 0 Å². The Kier molecular flexibility index (Phi) is 8.03. The number of thioether (sulfide) groups is 1. The zero-order valence-electron chi connectivity index (χ0n) is 15.7. The molecule has 0 saturated carbocycles. The first-order valence-electron chi connectivity index (χ1n) is 9.45. The first-order chi connectivity index (χ1) is 13.2. The van der Waals surface area contributed by atoms with E-state index in [1.54, 1.807) is 6.20 Å². The fourth-order valence-electron chi connectivity index (χ4n) is 3.40. The zero-order valence-corrected chi connectivity index (χ0v) is 17.3. The Balaban J connectivity index is 1.47. The van der Waals surface area contributed by atoms with E-state index in [1.807, 2.05) is 30.9 Å². The lowest BCUT2D eigenvalue weighted by atomic mass is 10.1. The van der Waals surface area contributed by atoms with Crippen molar-refractivity contribution in [1.82, 2.24) is 15.3 Å². The van der Waals surface area contributed by atoms with E-state index in [0.717, 1.165) is 59.5 Å². The Bertz CT molecular complexity index is 725. The third-order valence-corrected chi connectivity index (χ3v) is 6.17. The van der Waals surface area contributed by atoms with Crippen LogP contribution >= 0.6 is 23.4 Å². The van der Waals surface area contributed by atoms with E-state index in [1.165, 1.54) is 5.56 Å². The van der Waals surface area contributed by atoms with Crippen LogP contribution in [-0.2, 0) is 24.2 Å². The Morgan fingerprint density at radius 1 is 1.37 bits per heavy atom. The molecule has 5 nitrogen and oxygen atoms in total. The number of H-pyrrole nitrogens is 1. The summed E-state index contributed by atoms with van der Waals surface area (Å²) in [5.74, 6) is 2.94. The van der Waals surface area contributed by atoms with Gasteiger partial charge in [-0.25, -0.2) is 4.98 Å². The topological polar surface area (TPSA) is 70.2 Å². The van der Waals surface area contributed by atoms with Crippen LogP contribution in [0.1, 0.15) is 35.5 Å². The molecule has 2 aromatic rings. The van der Waals surface area contributed by atoms with Crippen molar-refractivity contribution < 1.29 is 9.84 Å². The average molecular weight is 410 g/mol. The van der Waals surface area contributed by atoms with Crippen LogP contribution in [0, 0.1) is 0 Å². The molecule has 2 unspecified atom stereocenters. The number of imidazole rings is 1. The van der Waals surface area contributed by atoms with E-state index in [0.29, 0.717) is 18.6 Å². The number of aliphatic hydroxyl groups is 1. The van der Waals surface area contributed by atoms with Crippen LogP contribution in [0.2, 0.25) is 5.02 Å². The number of aromatic amines is 1. The minimum Gasteiger partial charge on any atom is -0.390 e. The molecule has 1 aliphatic heterocycles. The molecule has 0 radical (unpaired) electrons. The summed E-state index contributed by atoms with van der Waals surface area (Å²) in [4.78, 5) is 7.42. The maximum atomic E-state index is 9.14. The summed E-state index contributed by atoms with van der Waals surface area (Å²) in [5.41, 5.74) is 3.11. The molecule has 1 saturated heterocycles. The minimum atomic E-state index is -0.0230. The van der Waals surface area contributed by atoms with Crippen molar-refractivity contribution in [2.75, 3.05) is 25.2 Å². The number of hydrogen-bond acceptors (Lipinski definition) is 5. The lowest BCUT2D eigenvalue weighted by Gasteiger charge is -2.29. The standard InChI is InChI=1S/C20H28ClN3O2S/c1-22-17-2-4-26-19(10-17)13-27-5-3-14-6-15(8-16(21)7-14)9-20-23-11-18(12-25)24-20/h6-8,11,17,19,22,25H,2-5,9-10,12-13H2,1H3,(H,23,24). The van der Waals surface area contributed by atoms with Crippen LogP contribution < -0.4 is 5.32 Å². The molecular weight excluding hydrogens is 382 g/mol. The second-order valence-corrected chi connectivity index (χ2v) is 8.57. The molecule has 0 spiro atoms. The summed E-state index contributed by atoms with van der Waals surface area (Å²) >= 11 is 8.26. The Morgan fingerprint density at radius 2 is 2.22 bits per heavy atom. The predicted molar refractivity (Wildman–Crippen MR) is 112 cm³/mol. The van der Waals surface area contributed by atoms with Crippen LogP contribution in [0.5, 0.6) is 0 Å². The van der Waals surface area contributed by atoms with Gasteiger partial charge >= 0.3 is 0 Å². The van der Waals surface area contributed by atoms with Crippen molar-refractivity contribution in [3.05, 3.63) is 52.1 Å². The third-order valence-electron chi connectivity index (χ3n) is 4.85. The monoisotopic (exact) mass is 409 g/mol. The number of aliphatic hydroxyl groups excluding tert-OH is 1. The number of nitrogens with one attached hydrogen (secondary N) is 2. The minimum absolute atomic E-state index is 0.0230. The van der Waals surface area contributed by atoms with Crippen LogP contribution in [-0.4, -0.2) is 52.4 Å². The number of benzene rings is 1. The van der Waals surface area contributed by atoms with Crippen molar-refractivity contribution in [2.45, 2.75) is 44.4 Å². The van der Waals surface area contributed by atoms with Gasteiger partial charge in [-0.15, -0.1) is 0 Å². The fourth-order valence-corrected chi connectivity index (χ4v) is 4.72. The van der Waals surface area contributed by atoms with Crippen LogP contribution in [0.15, 0.2) is 24.4 Å². The lowest BCUT2D eigenvalue weighted by Crippen LogP contribution is -2.38. The number of rotatable bonds is 9. The summed E-state index contributed by atoms with van der Waals surface area (Å²) in [5, 5.41) is 13.3. The molecule has 3 rings (SSSR count).